The molecule has 49 heavy (non-hydrogen) atoms. The number of rotatable bonds is 3. The van der Waals surface area contributed by atoms with Gasteiger partial charge >= 0.3 is 0 Å². The minimum absolute atomic E-state index is 0.532. The van der Waals surface area contributed by atoms with Crippen LogP contribution in [0.3, 0.4) is 0 Å². The first-order valence-electron chi connectivity index (χ1n) is 16.1. The molecule has 0 unspecified atom stereocenters. The molecule has 7 aromatic carbocycles. The molecule has 10 aromatic rings. The molecule has 0 aliphatic heterocycles. The minimum Gasteiger partial charge on any atom is -0.455 e. The van der Waals surface area contributed by atoms with E-state index in [9.17, 15) is 10.5 Å². The highest BCUT2D eigenvalue weighted by molar-refractivity contribution is 6.23. The summed E-state index contributed by atoms with van der Waals surface area (Å²) in [6.07, 6.45) is 0. The van der Waals surface area contributed by atoms with Gasteiger partial charge in [-0.15, -0.1) is 0 Å². The Morgan fingerprint density at radius 1 is 0.429 bits per heavy atom. The molecular formula is C44H24N4O. The number of nitrogens with zero attached hydrogens (tertiary/aromatic N) is 4. The third-order valence-corrected chi connectivity index (χ3v) is 9.70. The molecule has 0 spiro atoms. The number of para-hydroxylation sites is 4. The van der Waals surface area contributed by atoms with Crippen LogP contribution in [0.15, 0.2) is 150 Å². The van der Waals surface area contributed by atoms with Crippen molar-refractivity contribution in [3.8, 4) is 34.6 Å². The van der Waals surface area contributed by atoms with Gasteiger partial charge in [-0.1, -0.05) is 72.8 Å². The first-order chi connectivity index (χ1) is 24.2. The summed E-state index contributed by atoms with van der Waals surface area (Å²) < 4.78 is 10.9. The Morgan fingerprint density at radius 2 is 0.918 bits per heavy atom. The van der Waals surface area contributed by atoms with Crippen LogP contribution in [-0.4, -0.2) is 9.13 Å². The summed E-state index contributed by atoms with van der Waals surface area (Å²) in [5, 5.41) is 27.1. The number of aromatic nitrogens is 2. The Balaban J connectivity index is 1.23. The van der Waals surface area contributed by atoms with Crippen molar-refractivity contribution in [3.05, 3.63) is 157 Å². The van der Waals surface area contributed by atoms with E-state index in [4.69, 9.17) is 4.42 Å². The molecule has 0 aliphatic carbocycles. The minimum atomic E-state index is 0.532. The molecule has 10 rings (SSSR count). The van der Waals surface area contributed by atoms with Crippen LogP contribution < -0.4 is 0 Å². The number of furan rings is 1. The fourth-order valence-electron chi connectivity index (χ4n) is 7.66. The van der Waals surface area contributed by atoms with Crippen LogP contribution in [0.5, 0.6) is 0 Å². The second-order valence-corrected chi connectivity index (χ2v) is 12.4. The predicted molar refractivity (Wildman–Crippen MR) is 197 cm³/mol. The van der Waals surface area contributed by atoms with Crippen LogP contribution in [0.4, 0.5) is 0 Å². The Bertz CT molecular complexity index is 3030. The topological polar surface area (TPSA) is 70.6 Å². The van der Waals surface area contributed by atoms with Crippen molar-refractivity contribution in [2.75, 3.05) is 0 Å². The van der Waals surface area contributed by atoms with Gasteiger partial charge in [-0.3, -0.25) is 0 Å². The van der Waals surface area contributed by atoms with Gasteiger partial charge in [0.05, 0.1) is 50.7 Å². The van der Waals surface area contributed by atoms with Crippen LogP contribution in [0.25, 0.3) is 88.1 Å². The van der Waals surface area contributed by atoms with E-state index in [1.165, 1.54) is 0 Å². The van der Waals surface area contributed by atoms with Gasteiger partial charge in [0.2, 0.25) is 0 Å². The van der Waals surface area contributed by atoms with Crippen LogP contribution in [-0.2, 0) is 0 Å². The van der Waals surface area contributed by atoms with Crippen molar-refractivity contribution >= 4 is 65.6 Å². The second kappa shape index (κ2) is 10.2. The molecule has 0 amide bonds. The molecule has 3 heterocycles. The molecule has 0 saturated carbocycles. The van der Waals surface area contributed by atoms with Gasteiger partial charge in [0.1, 0.15) is 11.2 Å². The molecule has 5 nitrogen and oxygen atoms in total. The molecule has 0 saturated heterocycles. The van der Waals surface area contributed by atoms with E-state index in [-0.39, 0.29) is 0 Å². The maximum absolute atomic E-state index is 10.3. The largest absolute Gasteiger partial charge is 0.455 e. The van der Waals surface area contributed by atoms with Crippen molar-refractivity contribution in [3.63, 3.8) is 0 Å². The molecule has 0 atom stereocenters. The first-order valence-corrected chi connectivity index (χ1v) is 16.1. The van der Waals surface area contributed by atoms with Crippen LogP contribution in [0.2, 0.25) is 0 Å². The zero-order chi connectivity index (χ0) is 32.6. The Labute approximate surface area is 280 Å². The van der Waals surface area contributed by atoms with Crippen molar-refractivity contribution in [2.24, 2.45) is 0 Å². The molecule has 226 valence electrons. The summed E-state index contributed by atoms with van der Waals surface area (Å²) in [5.74, 6) is 0. The SMILES string of the molecule is N#Cc1cc(-c2cc(C#N)cc(-n3c4ccccc4c4c5oc6ccccc6c5ccc43)c2)cc(-n2c3ccccc3c3ccccc32)c1. The molecule has 0 N–H and O–H groups in total. The maximum atomic E-state index is 10.3. The summed E-state index contributed by atoms with van der Waals surface area (Å²) >= 11 is 0. The van der Waals surface area contributed by atoms with E-state index in [1.807, 2.05) is 66.7 Å². The lowest BCUT2D eigenvalue weighted by Gasteiger charge is -2.14. The summed E-state index contributed by atoms with van der Waals surface area (Å²) in [4.78, 5) is 0. The molecule has 0 fully saturated rings. The predicted octanol–water partition coefficient (Wildman–Crippen LogP) is 11.2. The molecular weight excluding hydrogens is 601 g/mol. The lowest BCUT2D eigenvalue weighted by Crippen LogP contribution is -1.98. The number of hydrogen-bond acceptors (Lipinski definition) is 3. The van der Waals surface area contributed by atoms with E-state index in [0.29, 0.717) is 11.1 Å². The number of benzene rings is 7. The van der Waals surface area contributed by atoms with Crippen molar-refractivity contribution in [1.29, 1.82) is 10.5 Å². The van der Waals surface area contributed by atoms with Gasteiger partial charge in [0, 0.05) is 38.3 Å². The van der Waals surface area contributed by atoms with E-state index in [1.54, 1.807) is 0 Å². The van der Waals surface area contributed by atoms with E-state index < -0.39 is 0 Å². The smallest absolute Gasteiger partial charge is 0.145 e. The lowest BCUT2D eigenvalue weighted by atomic mass is 9.99. The highest BCUT2D eigenvalue weighted by Crippen LogP contribution is 2.41. The van der Waals surface area contributed by atoms with Crippen LogP contribution in [0.1, 0.15) is 11.1 Å². The Kier molecular flexibility index (Phi) is 5.64. The number of nitriles is 2. The Morgan fingerprint density at radius 3 is 1.51 bits per heavy atom. The summed E-state index contributed by atoms with van der Waals surface area (Å²) in [7, 11) is 0. The van der Waals surface area contributed by atoms with Crippen molar-refractivity contribution in [1.82, 2.24) is 9.13 Å². The maximum Gasteiger partial charge on any atom is 0.145 e. The molecule has 0 aliphatic rings. The lowest BCUT2D eigenvalue weighted by molar-refractivity contribution is 0.673. The molecule has 0 bridgehead atoms. The molecule has 5 heteroatoms. The third kappa shape index (κ3) is 3.91. The fourth-order valence-corrected chi connectivity index (χ4v) is 7.66. The van der Waals surface area contributed by atoms with Gasteiger partial charge in [-0.2, -0.15) is 10.5 Å². The molecule has 0 radical (unpaired) electrons. The third-order valence-electron chi connectivity index (χ3n) is 9.70. The first kappa shape index (κ1) is 27.1. The van der Waals surface area contributed by atoms with Crippen LogP contribution >= 0.6 is 0 Å². The van der Waals surface area contributed by atoms with Gasteiger partial charge < -0.3 is 13.6 Å². The summed E-state index contributed by atoms with van der Waals surface area (Å²) in [6, 6.07) is 54.1. The number of fused-ring (bicyclic) bond motifs is 10. The van der Waals surface area contributed by atoms with Gasteiger partial charge in [-0.05, 0) is 83.9 Å². The van der Waals surface area contributed by atoms with E-state index >= 15 is 0 Å². The molecule has 3 aromatic heterocycles. The van der Waals surface area contributed by atoms with E-state index in [2.05, 4.69) is 100 Å². The zero-order valence-corrected chi connectivity index (χ0v) is 26.1. The van der Waals surface area contributed by atoms with Gasteiger partial charge in [-0.25, -0.2) is 0 Å². The quantitative estimate of drug-likeness (QED) is 0.196. The standard InChI is InChI=1S/C44H24N4O/c45-25-27-19-29(23-31(21-27)47-38-13-5-1-9-33(38)34-10-2-6-14-39(34)47)30-20-28(26-46)22-32(24-30)48-40-15-7-3-12-37(40)43-41(48)18-17-36-35-11-4-8-16-42(35)49-44(36)43/h1-24H. The zero-order valence-electron chi connectivity index (χ0n) is 26.1. The normalized spacial score (nSPS) is 11.6. The average Bonchev–Trinajstić information content (AvgIpc) is 3.82. The van der Waals surface area contributed by atoms with Crippen molar-refractivity contribution < 1.29 is 4.42 Å². The van der Waals surface area contributed by atoms with Crippen molar-refractivity contribution in [2.45, 2.75) is 0 Å². The van der Waals surface area contributed by atoms with Gasteiger partial charge in [0.25, 0.3) is 0 Å². The number of hydrogen-bond donors (Lipinski definition) is 0. The van der Waals surface area contributed by atoms with Gasteiger partial charge in [0.15, 0.2) is 0 Å². The van der Waals surface area contributed by atoms with E-state index in [0.717, 1.165) is 88.1 Å². The fraction of sp³-hybridized carbons (Fsp3) is 0. The van der Waals surface area contributed by atoms with Crippen LogP contribution in [0, 0.1) is 22.7 Å². The Hall–Kier alpha value is -7.08. The second-order valence-electron chi connectivity index (χ2n) is 12.4. The summed E-state index contributed by atoms with van der Waals surface area (Å²) in [6.45, 7) is 0. The average molecular weight is 625 g/mol. The highest BCUT2D eigenvalue weighted by atomic mass is 16.3. The monoisotopic (exact) mass is 624 g/mol. The highest BCUT2D eigenvalue weighted by Gasteiger charge is 2.20. The summed E-state index contributed by atoms with van der Waals surface area (Å²) in [5.41, 5.74) is 10.4.